The van der Waals surface area contributed by atoms with Crippen LogP contribution in [-0.4, -0.2) is 12.6 Å². The third kappa shape index (κ3) is 3.03. The van der Waals surface area contributed by atoms with Crippen molar-refractivity contribution in [3.8, 4) is 5.75 Å². The first-order chi connectivity index (χ1) is 6.63. The number of hydrogen-bond acceptors (Lipinski definition) is 3. The van der Waals surface area contributed by atoms with E-state index >= 15 is 0 Å². The van der Waals surface area contributed by atoms with E-state index in [0.717, 1.165) is 16.5 Å². The molecule has 0 heterocycles. The first-order valence-electron chi connectivity index (χ1n) is 4.24. The molecule has 0 aromatic heterocycles. The number of benzene rings is 1. The number of carboxylic acids is 1. The van der Waals surface area contributed by atoms with E-state index in [4.69, 9.17) is 4.74 Å². The average Bonchev–Trinajstić information content (AvgIpc) is 2.15. The van der Waals surface area contributed by atoms with Crippen LogP contribution in [0.15, 0.2) is 22.7 Å². The molecule has 0 aliphatic rings. The van der Waals surface area contributed by atoms with Gasteiger partial charge in [-0.3, -0.25) is 0 Å². The van der Waals surface area contributed by atoms with Gasteiger partial charge in [0, 0.05) is 0 Å². The van der Waals surface area contributed by atoms with Gasteiger partial charge in [-0.15, -0.1) is 0 Å². The Kier molecular flexibility index (Phi) is 3.95. The summed E-state index contributed by atoms with van der Waals surface area (Å²) >= 11 is 3.30. The topological polar surface area (TPSA) is 49.4 Å². The maximum atomic E-state index is 10.2. The predicted molar refractivity (Wildman–Crippen MR) is 54.0 cm³/mol. The molecule has 0 aliphatic carbocycles. The molecule has 0 spiro atoms. The zero-order chi connectivity index (χ0) is 10.6. The summed E-state index contributed by atoms with van der Waals surface area (Å²) in [4.78, 5) is 10.2. The fraction of sp³-hybridized carbons (Fsp3) is 0.300. The number of carbonyl (C=O) groups excluding carboxylic acids is 1. The Labute approximate surface area is 90.8 Å². The zero-order valence-corrected chi connectivity index (χ0v) is 9.33. The van der Waals surface area contributed by atoms with Crippen LogP contribution in [0.2, 0.25) is 0 Å². The van der Waals surface area contributed by atoms with Gasteiger partial charge in [-0.1, -0.05) is 13.0 Å². The first kappa shape index (κ1) is 11.0. The molecule has 0 unspecified atom stereocenters. The van der Waals surface area contributed by atoms with Gasteiger partial charge in [0.25, 0.3) is 0 Å². The number of aryl methyl sites for hydroxylation is 1. The molecule has 0 saturated carbocycles. The molecule has 0 N–H and O–H groups in total. The van der Waals surface area contributed by atoms with E-state index < -0.39 is 12.6 Å². The quantitative estimate of drug-likeness (QED) is 0.813. The molecule has 14 heavy (non-hydrogen) atoms. The standard InChI is InChI=1S/C10H11BrO3/c1-2-7-3-4-9(8(11)5-7)14-6-10(12)13/h3-5H,2,6H2,1H3,(H,12,13)/p-1. The smallest absolute Gasteiger partial charge is 0.134 e. The van der Waals surface area contributed by atoms with Crippen LogP contribution in [-0.2, 0) is 11.2 Å². The highest BCUT2D eigenvalue weighted by molar-refractivity contribution is 9.10. The molecule has 0 atom stereocenters. The van der Waals surface area contributed by atoms with E-state index in [1.807, 2.05) is 19.1 Å². The third-order valence-corrected chi connectivity index (χ3v) is 2.37. The summed E-state index contributed by atoms with van der Waals surface area (Å²) in [5.74, 6) is -0.706. The Morgan fingerprint density at radius 2 is 2.29 bits per heavy atom. The molecule has 0 saturated heterocycles. The van der Waals surface area contributed by atoms with Crippen LogP contribution in [0.1, 0.15) is 12.5 Å². The molecule has 0 fully saturated rings. The third-order valence-electron chi connectivity index (χ3n) is 1.75. The molecule has 4 heteroatoms. The second-order valence-corrected chi connectivity index (χ2v) is 3.63. The number of carboxylic acid groups (broad SMARTS) is 1. The minimum Gasteiger partial charge on any atom is -0.546 e. The van der Waals surface area contributed by atoms with Crippen molar-refractivity contribution >= 4 is 21.9 Å². The van der Waals surface area contributed by atoms with Crippen molar-refractivity contribution in [1.29, 1.82) is 0 Å². The van der Waals surface area contributed by atoms with Gasteiger partial charge in [0.1, 0.15) is 12.4 Å². The molecule has 1 rings (SSSR count). The van der Waals surface area contributed by atoms with Gasteiger partial charge in [0.05, 0.1) is 10.4 Å². The molecule has 1 aromatic rings. The first-order valence-corrected chi connectivity index (χ1v) is 5.04. The summed E-state index contributed by atoms with van der Waals surface area (Å²) in [5.41, 5.74) is 1.16. The van der Waals surface area contributed by atoms with Crippen molar-refractivity contribution in [2.75, 3.05) is 6.61 Å². The second kappa shape index (κ2) is 5.00. The van der Waals surface area contributed by atoms with Gasteiger partial charge in [-0.2, -0.15) is 0 Å². The summed E-state index contributed by atoms with van der Waals surface area (Å²) in [7, 11) is 0. The summed E-state index contributed by atoms with van der Waals surface area (Å²) in [6.07, 6.45) is 0.930. The minimum absolute atomic E-state index is 0.427. The van der Waals surface area contributed by atoms with Crippen LogP contribution >= 0.6 is 15.9 Å². The maximum Gasteiger partial charge on any atom is 0.134 e. The Balaban J connectivity index is 2.73. The molecule has 0 bridgehead atoms. The number of aliphatic carboxylic acids is 1. The van der Waals surface area contributed by atoms with Gasteiger partial charge in [-0.05, 0) is 40.0 Å². The van der Waals surface area contributed by atoms with E-state index in [2.05, 4.69) is 15.9 Å². The van der Waals surface area contributed by atoms with Crippen molar-refractivity contribution in [1.82, 2.24) is 0 Å². The molecular weight excluding hydrogens is 248 g/mol. The van der Waals surface area contributed by atoms with Crippen molar-refractivity contribution in [2.24, 2.45) is 0 Å². The second-order valence-electron chi connectivity index (χ2n) is 2.78. The lowest BCUT2D eigenvalue weighted by molar-refractivity contribution is -0.307. The summed E-state index contributed by atoms with van der Waals surface area (Å²) in [6.45, 7) is 1.62. The Bertz CT molecular complexity index is 336. The van der Waals surface area contributed by atoms with Crippen molar-refractivity contribution < 1.29 is 14.6 Å². The van der Waals surface area contributed by atoms with Crippen LogP contribution in [0.3, 0.4) is 0 Å². The molecule has 76 valence electrons. The van der Waals surface area contributed by atoms with Gasteiger partial charge in [0.2, 0.25) is 0 Å². The maximum absolute atomic E-state index is 10.2. The molecule has 0 aliphatic heterocycles. The van der Waals surface area contributed by atoms with Gasteiger partial charge in [0.15, 0.2) is 0 Å². The highest BCUT2D eigenvalue weighted by atomic mass is 79.9. The molecule has 0 radical (unpaired) electrons. The number of rotatable bonds is 4. The van der Waals surface area contributed by atoms with Gasteiger partial charge in [-0.25, -0.2) is 0 Å². The zero-order valence-electron chi connectivity index (χ0n) is 7.75. The average molecular weight is 258 g/mol. The summed E-state index contributed by atoms with van der Waals surface area (Å²) in [6, 6.07) is 5.55. The monoisotopic (exact) mass is 257 g/mol. The SMILES string of the molecule is CCc1ccc(OCC(=O)[O-])c(Br)c1. The normalized spacial score (nSPS) is 9.86. The largest absolute Gasteiger partial charge is 0.546 e. The van der Waals surface area contributed by atoms with Crippen LogP contribution in [0.4, 0.5) is 0 Å². The molecule has 0 amide bonds. The van der Waals surface area contributed by atoms with Gasteiger partial charge < -0.3 is 14.6 Å². The van der Waals surface area contributed by atoms with Crippen molar-refractivity contribution in [3.63, 3.8) is 0 Å². The van der Waals surface area contributed by atoms with Crippen LogP contribution in [0.5, 0.6) is 5.75 Å². The number of hydrogen-bond donors (Lipinski definition) is 0. The van der Waals surface area contributed by atoms with E-state index in [9.17, 15) is 9.90 Å². The van der Waals surface area contributed by atoms with E-state index in [1.165, 1.54) is 0 Å². The summed E-state index contributed by atoms with van der Waals surface area (Å²) < 4.78 is 5.75. The molecule has 3 nitrogen and oxygen atoms in total. The van der Waals surface area contributed by atoms with Crippen LogP contribution < -0.4 is 9.84 Å². The highest BCUT2D eigenvalue weighted by Crippen LogP contribution is 2.25. The molecule has 1 aromatic carbocycles. The summed E-state index contributed by atoms with van der Waals surface area (Å²) in [5, 5.41) is 10.2. The lowest BCUT2D eigenvalue weighted by Gasteiger charge is -2.09. The highest BCUT2D eigenvalue weighted by Gasteiger charge is 2.01. The number of carbonyl (C=O) groups is 1. The minimum atomic E-state index is -1.23. The van der Waals surface area contributed by atoms with E-state index in [-0.39, 0.29) is 0 Å². The fourth-order valence-corrected chi connectivity index (χ4v) is 1.56. The van der Waals surface area contributed by atoms with Crippen molar-refractivity contribution in [3.05, 3.63) is 28.2 Å². The van der Waals surface area contributed by atoms with E-state index in [0.29, 0.717) is 5.75 Å². The Morgan fingerprint density at radius 1 is 1.57 bits per heavy atom. The fourth-order valence-electron chi connectivity index (χ4n) is 1.02. The number of halogens is 1. The van der Waals surface area contributed by atoms with E-state index in [1.54, 1.807) is 6.07 Å². The lowest BCUT2D eigenvalue weighted by atomic mass is 10.2. The molecular formula is C10H10BrO3-. The van der Waals surface area contributed by atoms with Crippen molar-refractivity contribution in [2.45, 2.75) is 13.3 Å². The lowest BCUT2D eigenvalue weighted by Crippen LogP contribution is -2.29. The number of ether oxygens (including phenoxy) is 1. The van der Waals surface area contributed by atoms with Crippen LogP contribution in [0, 0.1) is 0 Å². The van der Waals surface area contributed by atoms with Gasteiger partial charge >= 0.3 is 0 Å². The Morgan fingerprint density at radius 3 is 2.79 bits per heavy atom. The Hall–Kier alpha value is -1.03. The predicted octanol–water partition coefficient (Wildman–Crippen LogP) is 1.14. The van der Waals surface area contributed by atoms with Crippen LogP contribution in [0.25, 0.3) is 0 Å².